The molecule has 1 heteroatoms. The summed E-state index contributed by atoms with van der Waals surface area (Å²) >= 11 is 0. The van der Waals surface area contributed by atoms with E-state index in [1.54, 1.807) is 0 Å². The van der Waals surface area contributed by atoms with Gasteiger partial charge in [0, 0.05) is 17.1 Å². The van der Waals surface area contributed by atoms with Gasteiger partial charge in [0.1, 0.15) is 0 Å². The van der Waals surface area contributed by atoms with E-state index in [1.807, 2.05) is 12.3 Å². The summed E-state index contributed by atoms with van der Waals surface area (Å²) in [6, 6.07) is 67.4. The molecule has 0 fully saturated rings. The van der Waals surface area contributed by atoms with Crippen molar-refractivity contribution in [3.8, 4) is 89.0 Å². The molecule has 0 saturated heterocycles. The Morgan fingerprint density at radius 3 is 1.26 bits per heavy atom. The second-order valence-corrected chi connectivity index (χ2v) is 14.6. The number of benzene rings is 9. The Morgan fingerprint density at radius 2 is 0.685 bits per heavy atom. The number of para-hydroxylation sites is 1. The summed E-state index contributed by atoms with van der Waals surface area (Å²) in [6.07, 6.45) is 1.88. The molecule has 0 unspecified atom stereocenters. The molecular weight excluding hydrogens is 651 g/mol. The summed E-state index contributed by atoms with van der Waals surface area (Å²) in [5.41, 5.74) is 21.2. The van der Waals surface area contributed by atoms with E-state index < -0.39 is 0 Å². The average Bonchev–Trinajstić information content (AvgIpc) is 3.75. The monoisotopic (exact) mass is 681 g/mol. The van der Waals surface area contributed by atoms with Gasteiger partial charge in [0.05, 0.1) is 5.52 Å². The van der Waals surface area contributed by atoms with Crippen molar-refractivity contribution in [2.24, 2.45) is 0 Å². The first-order chi connectivity index (χ1) is 26.8. The van der Waals surface area contributed by atoms with E-state index in [-0.39, 0.29) is 0 Å². The second-order valence-electron chi connectivity index (χ2n) is 14.6. The smallest absolute Gasteiger partial charge is 0.0780 e. The van der Waals surface area contributed by atoms with Crippen molar-refractivity contribution in [3.05, 3.63) is 188 Å². The predicted molar refractivity (Wildman–Crippen MR) is 227 cm³/mol. The quantitative estimate of drug-likeness (QED) is 0.180. The summed E-state index contributed by atoms with van der Waals surface area (Å²) in [6.45, 7) is 0. The van der Waals surface area contributed by atoms with Crippen molar-refractivity contribution in [2.45, 2.75) is 0 Å². The lowest BCUT2D eigenvalue weighted by molar-refractivity contribution is 1.41. The van der Waals surface area contributed by atoms with E-state index in [2.05, 4.69) is 176 Å². The van der Waals surface area contributed by atoms with Crippen molar-refractivity contribution >= 4 is 32.4 Å². The molecular formula is C53H31N. The first-order valence-corrected chi connectivity index (χ1v) is 18.7. The summed E-state index contributed by atoms with van der Waals surface area (Å²) in [5.74, 6) is 0. The fourth-order valence-electron chi connectivity index (χ4n) is 9.41. The number of nitrogens with zero attached hydrogens (tertiary/aromatic N) is 1. The Morgan fingerprint density at radius 1 is 0.259 bits per heavy atom. The minimum Gasteiger partial charge on any atom is -0.256 e. The van der Waals surface area contributed by atoms with Crippen LogP contribution in [0.15, 0.2) is 188 Å². The zero-order valence-corrected chi connectivity index (χ0v) is 29.3. The molecule has 0 bridgehead atoms. The highest BCUT2D eigenvalue weighted by atomic mass is 14.6. The molecule has 0 N–H and O–H groups in total. The van der Waals surface area contributed by atoms with Crippen LogP contribution in [0.25, 0.3) is 121 Å². The minimum absolute atomic E-state index is 1.03. The molecule has 1 aromatic heterocycles. The van der Waals surface area contributed by atoms with Crippen molar-refractivity contribution in [2.75, 3.05) is 0 Å². The van der Waals surface area contributed by atoms with Gasteiger partial charge in [-0.15, -0.1) is 0 Å². The molecule has 0 amide bonds. The maximum Gasteiger partial charge on any atom is 0.0780 e. The molecule has 1 nitrogen and oxygen atoms in total. The van der Waals surface area contributed by atoms with Gasteiger partial charge < -0.3 is 0 Å². The zero-order valence-electron chi connectivity index (χ0n) is 29.3. The molecule has 0 atom stereocenters. The third-order valence-corrected chi connectivity index (χ3v) is 11.8. The Labute approximate surface area is 313 Å². The molecule has 0 radical (unpaired) electrons. The van der Waals surface area contributed by atoms with E-state index in [0.717, 1.165) is 16.5 Å². The molecule has 54 heavy (non-hydrogen) atoms. The third kappa shape index (κ3) is 4.18. The second kappa shape index (κ2) is 11.2. The van der Waals surface area contributed by atoms with Crippen LogP contribution < -0.4 is 0 Å². The van der Waals surface area contributed by atoms with Crippen LogP contribution in [0.2, 0.25) is 0 Å². The molecule has 248 valence electrons. The highest BCUT2D eigenvalue weighted by Crippen LogP contribution is 2.52. The summed E-state index contributed by atoms with van der Waals surface area (Å²) in [4.78, 5) is 4.74. The Kier molecular flexibility index (Phi) is 6.12. The van der Waals surface area contributed by atoms with Gasteiger partial charge in [0.15, 0.2) is 0 Å². The van der Waals surface area contributed by atoms with Crippen molar-refractivity contribution in [3.63, 3.8) is 0 Å². The Hall–Kier alpha value is -7.09. The summed E-state index contributed by atoms with van der Waals surface area (Å²) in [5, 5.41) is 6.43. The van der Waals surface area contributed by atoms with Gasteiger partial charge in [-0.25, -0.2) is 0 Å². The van der Waals surface area contributed by atoms with E-state index in [1.165, 1.54) is 105 Å². The van der Waals surface area contributed by atoms with E-state index in [0.29, 0.717) is 0 Å². The Bertz CT molecular complexity index is 2990. The van der Waals surface area contributed by atoms with E-state index in [4.69, 9.17) is 4.98 Å². The van der Waals surface area contributed by atoms with Gasteiger partial charge in [-0.1, -0.05) is 158 Å². The highest BCUT2D eigenvalue weighted by Gasteiger charge is 2.25. The zero-order chi connectivity index (χ0) is 35.3. The summed E-state index contributed by atoms with van der Waals surface area (Å²) < 4.78 is 0. The lowest BCUT2D eigenvalue weighted by atomic mass is 9.88. The third-order valence-electron chi connectivity index (χ3n) is 11.8. The van der Waals surface area contributed by atoms with Gasteiger partial charge in [-0.3, -0.25) is 4.98 Å². The van der Waals surface area contributed by atoms with Crippen LogP contribution in [0.5, 0.6) is 0 Å². The number of hydrogen-bond acceptors (Lipinski definition) is 1. The molecule has 12 rings (SSSR count). The van der Waals surface area contributed by atoms with Crippen LogP contribution in [0.3, 0.4) is 0 Å². The lowest BCUT2D eigenvalue weighted by Gasteiger charge is -2.16. The van der Waals surface area contributed by atoms with Gasteiger partial charge >= 0.3 is 0 Å². The normalized spacial score (nSPS) is 12.1. The standard InChI is InChI=1S/C53H31N/c1-3-13-43-41(11-1)47-18-6-16-45-38(24-26-49(43)51(45)47)36-29-35(32-20-22-33(23-21-32)40-15-5-9-34-10-8-28-54-53(34)40)30-37(31-36)39-25-27-50-44-14-4-2-12-42(44)48-19-7-17-46(39)52(48)50/h1-31H. The van der Waals surface area contributed by atoms with Crippen molar-refractivity contribution in [1.82, 2.24) is 4.98 Å². The van der Waals surface area contributed by atoms with Gasteiger partial charge in [0.2, 0.25) is 0 Å². The molecule has 10 aromatic rings. The Balaban J connectivity index is 1.07. The highest BCUT2D eigenvalue weighted by molar-refractivity contribution is 6.20. The maximum atomic E-state index is 4.74. The molecule has 2 aliphatic carbocycles. The van der Waals surface area contributed by atoms with Gasteiger partial charge in [-0.2, -0.15) is 0 Å². The van der Waals surface area contributed by atoms with Crippen LogP contribution >= 0.6 is 0 Å². The van der Waals surface area contributed by atoms with E-state index >= 15 is 0 Å². The molecule has 0 saturated carbocycles. The number of aromatic nitrogens is 1. The molecule has 0 aliphatic heterocycles. The SMILES string of the molecule is c1ccc2c(c1)-c1cccc3c(-c4cc(-c5ccc(-c6cccc7cccnc67)cc5)cc(-c5ccc6c7c(cccc57)-c5ccccc5-6)c4)ccc-2c13. The molecule has 2 aliphatic rings. The van der Waals surface area contributed by atoms with Crippen LogP contribution in [0, 0.1) is 0 Å². The van der Waals surface area contributed by atoms with Gasteiger partial charge in [-0.05, 0) is 129 Å². The fraction of sp³-hybridized carbons (Fsp3) is 0. The van der Waals surface area contributed by atoms with Crippen molar-refractivity contribution in [1.29, 1.82) is 0 Å². The van der Waals surface area contributed by atoms with Gasteiger partial charge in [0.25, 0.3) is 0 Å². The van der Waals surface area contributed by atoms with Crippen LogP contribution in [-0.4, -0.2) is 4.98 Å². The largest absolute Gasteiger partial charge is 0.256 e. The predicted octanol–water partition coefficient (Wildman–Crippen LogP) is 14.5. The topological polar surface area (TPSA) is 12.9 Å². The average molecular weight is 682 g/mol. The van der Waals surface area contributed by atoms with Crippen LogP contribution in [0.4, 0.5) is 0 Å². The van der Waals surface area contributed by atoms with Crippen LogP contribution in [-0.2, 0) is 0 Å². The lowest BCUT2D eigenvalue weighted by Crippen LogP contribution is -1.90. The van der Waals surface area contributed by atoms with E-state index in [9.17, 15) is 0 Å². The number of fused-ring (bicyclic) bond motifs is 7. The number of hydrogen-bond donors (Lipinski definition) is 0. The molecule has 9 aromatic carbocycles. The molecule has 0 spiro atoms. The summed E-state index contributed by atoms with van der Waals surface area (Å²) in [7, 11) is 0. The number of rotatable bonds is 4. The van der Waals surface area contributed by atoms with Crippen molar-refractivity contribution < 1.29 is 0 Å². The van der Waals surface area contributed by atoms with Crippen LogP contribution in [0.1, 0.15) is 0 Å². The first-order valence-electron chi connectivity index (χ1n) is 18.7. The first kappa shape index (κ1) is 29.5. The number of pyridine rings is 1. The fourth-order valence-corrected chi connectivity index (χ4v) is 9.41. The molecule has 1 heterocycles. The maximum absolute atomic E-state index is 4.74. The minimum atomic E-state index is 1.03.